The highest BCUT2D eigenvalue weighted by Crippen LogP contribution is 2.33. The molecule has 0 radical (unpaired) electrons. The fraction of sp³-hybridized carbons (Fsp3) is 0.357. The second kappa shape index (κ2) is 5.53. The summed E-state index contributed by atoms with van der Waals surface area (Å²) < 4.78 is 5.24. The number of carbonyl (C=O) groups excluding carboxylic acids is 1. The first-order chi connectivity index (χ1) is 9.02. The monoisotopic (exact) mass is 280 g/mol. The maximum absolute atomic E-state index is 11.0. The van der Waals surface area contributed by atoms with Crippen molar-refractivity contribution < 1.29 is 9.53 Å². The number of ether oxygens (including phenoxy) is 1. The largest absolute Gasteiger partial charge is 0.495 e. The van der Waals surface area contributed by atoms with Crippen LogP contribution in [0.25, 0.3) is 10.9 Å². The van der Waals surface area contributed by atoms with Gasteiger partial charge in [0.25, 0.3) is 0 Å². The molecule has 1 atom stereocenters. The number of benzene rings is 1. The van der Waals surface area contributed by atoms with E-state index in [1.54, 1.807) is 7.11 Å². The Morgan fingerprint density at radius 3 is 2.89 bits per heavy atom. The summed E-state index contributed by atoms with van der Waals surface area (Å²) in [5, 5.41) is 4.48. The third-order valence-electron chi connectivity index (χ3n) is 3.17. The lowest BCUT2D eigenvalue weighted by atomic mass is 10.0. The fourth-order valence-corrected chi connectivity index (χ4v) is 2.36. The molecular weight excluding hydrogens is 264 g/mol. The van der Waals surface area contributed by atoms with Gasteiger partial charge >= 0.3 is 0 Å². The maximum atomic E-state index is 11.0. The van der Waals surface area contributed by atoms with E-state index in [1.807, 2.05) is 18.3 Å². The van der Waals surface area contributed by atoms with Gasteiger partial charge in [-0.15, -0.1) is 0 Å². The van der Waals surface area contributed by atoms with Gasteiger partial charge in [-0.3, -0.25) is 4.79 Å². The van der Waals surface area contributed by atoms with Gasteiger partial charge in [-0.25, -0.2) is 0 Å². The molecule has 0 aliphatic rings. The predicted octanol–water partition coefficient (Wildman–Crippen LogP) is 3.07. The minimum Gasteiger partial charge on any atom is -0.495 e. The number of aromatic amines is 1. The minimum atomic E-state index is -0.0210. The molecule has 1 heterocycles. The van der Waals surface area contributed by atoms with Crippen LogP contribution in [0.15, 0.2) is 18.3 Å². The molecule has 0 aliphatic heterocycles. The van der Waals surface area contributed by atoms with Crippen LogP contribution in [0.5, 0.6) is 5.75 Å². The molecule has 1 aromatic carbocycles. The van der Waals surface area contributed by atoms with Gasteiger partial charge in [0.1, 0.15) is 5.75 Å². The summed E-state index contributed by atoms with van der Waals surface area (Å²) in [6, 6.07) is 3.78. The van der Waals surface area contributed by atoms with Crippen LogP contribution in [0.2, 0.25) is 5.02 Å². The Bertz CT molecular complexity index is 607. The zero-order valence-electron chi connectivity index (χ0n) is 11.2. The van der Waals surface area contributed by atoms with Crippen molar-refractivity contribution in [1.29, 1.82) is 0 Å². The molecule has 102 valence electrons. The van der Waals surface area contributed by atoms with E-state index in [1.165, 1.54) is 6.92 Å². The van der Waals surface area contributed by atoms with Crippen LogP contribution in [-0.4, -0.2) is 24.5 Å². The second-order valence-corrected chi connectivity index (χ2v) is 5.02. The van der Waals surface area contributed by atoms with E-state index in [2.05, 4.69) is 17.2 Å². The van der Waals surface area contributed by atoms with Crippen LogP contribution in [0, 0.1) is 0 Å². The summed E-state index contributed by atoms with van der Waals surface area (Å²) in [5.41, 5.74) is 2.11. The number of methoxy groups -OCH3 is 1. The summed E-state index contributed by atoms with van der Waals surface area (Å²) in [4.78, 5) is 14.2. The molecule has 5 heteroatoms. The number of hydrogen-bond donors (Lipinski definition) is 2. The van der Waals surface area contributed by atoms with E-state index >= 15 is 0 Å². The van der Waals surface area contributed by atoms with Crippen LogP contribution >= 0.6 is 11.6 Å². The number of hydrogen-bond acceptors (Lipinski definition) is 2. The molecular formula is C14H17ClN2O2. The molecule has 0 unspecified atom stereocenters. The standard InChI is InChI=1S/C14H17ClN2O2/c1-8(6-16-9(2)18)11-7-17-13-5-12(15)14(19-3)4-10(11)13/h4-5,7-8,17H,6H2,1-3H3,(H,16,18)/t8-/m0/s1. The van der Waals surface area contributed by atoms with Gasteiger partial charge in [0.15, 0.2) is 0 Å². The highest BCUT2D eigenvalue weighted by molar-refractivity contribution is 6.32. The van der Waals surface area contributed by atoms with E-state index in [0.717, 1.165) is 16.5 Å². The molecule has 2 aromatic rings. The quantitative estimate of drug-likeness (QED) is 0.904. The van der Waals surface area contributed by atoms with Crippen molar-refractivity contribution in [2.24, 2.45) is 0 Å². The van der Waals surface area contributed by atoms with E-state index < -0.39 is 0 Å². The van der Waals surface area contributed by atoms with Crippen molar-refractivity contribution in [3.8, 4) is 5.75 Å². The summed E-state index contributed by atoms with van der Waals surface area (Å²) in [6.45, 7) is 4.19. The number of halogens is 1. The molecule has 4 nitrogen and oxygen atoms in total. The van der Waals surface area contributed by atoms with Crippen LogP contribution in [0.3, 0.4) is 0 Å². The molecule has 0 spiro atoms. The second-order valence-electron chi connectivity index (χ2n) is 4.61. The first-order valence-electron chi connectivity index (χ1n) is 6.12. The third kappa shape index (κ3) is 2.84. The number of rotatable bonds is 4. The first kappa shape index (κ1) is 13.7. The number of fused-ring (bicyclic) bond motifs is 1. The lowest BCUT2D eigenvalue weighted by Crippen LogP contribution is -2.24. The summed E-state index contributed by atoms with van der Waals surface area (Å²) in [6.07, 6.45) is 1.95. The molecule has 1 amide bonds. The molecule has 19 heavy (non-hydrogen) atoms. The van der Waals surface area contributed by atoms with Crippen molar-refractivity contribution in [1.82, 2.24) is 10.3 Å². The number of nitrogens with one attached hydrogen (secondary N) is 2. The van der Waals surface area contributed by atoms with Gasteiger partial charge in [-0.2, -0.15) is 0 Å². The Morgan fingerprint density at radius 2 is 2.26 bits per heavy atom. The van der Waals surface area contributed by atoms with E-state index in [9.17, 15) is 4.79 Å². The molecule has 0 saturated heterocycles. The third-order valence-corrected chi connectivity index (χ3v) is 3.47. The van der Waals surface area contributed by atoms with E-state index in [-0.39, 0.29) is 11.8 Å². The van der Waals surface area contributed by atoms with Crippen LogP contribution in [0.4, 0.5) is 0 Å². The Labute approximate surface area is 117 Å². The Kier molecular flexibility index (Phi) is 4.00. The van der Waals surface area contributed by atoms with Crippen LogP contribution in [0.1, 0.15) is 25.3 Å². The van der Waals surface area contributed by atoms with Crippen molar-refractivity contribution in [2.45, 2.75) is 19.8 Å². The van der Waals surface area contributed by atoms with Crippen molar-refractivity contribution >= 4 is 28.4 Å². The molecule has 0 saturated carbocycles. The van der Waals surface area contributed by atoms with Crippen LogP contribution < -0.4 is 10.1 Å². The molecule has 2 N–H and O–H groups in total. The van der Waals surface area contributed by atoms with Crippen molar-refractivity contribution in [3.63, 3.8) is 0 Å². The van der Waals surface area contributed by atoms with Gasteiger partial charge in [0, 0.05) is 36.5 Å². The normalized spacial score (nSPS) is 12.4. The lowest BCUT2D eigenvalue weighted by Gasteiger charge is -2.11. The fourth-order valence-electron chi connectivity index (χ4n) is 2.12. The highest BCUT2D eigenvalue weighted by atomic mass is 35.5. The smallest absolute Gasteiger partial charge is 0.216 e. The van der Waals surface area contributed by atoms with Gasteiger partial charge in [-0.05, 0) is 17.7 Å². The van der Waals surface area contributed by atoms with E-state index in [4.69, 9.17) is 16.3 Å². The molecule has 0 aliphatic carbocycles. The average molecular weight is 281 g/mol. The highest BCUT2D eigenvalue weighted by Gasteiger charge is 2.14. The topological polar surface area (TPSA) is 54.1 Å². The lowest BCUT2D eigenvalue weighted by molar-refractivity contribution is -0.119. The minimum absolute atomic E-state index is 0.0210. The van der Waals surface area contributed by atoms with Gasteiger partial charge in [0.05, 0.1) is 12.1 Å². The summed E-state index contributed by atoms with van der Waals surface area (Å²) in [7, 11) is 1.60. The van der Waals surface area contributed by atoms with Gasteiger partial charge < -0.3 is 15.0 Å². The number of H-pyrrole nitrogens is 1. The number of aromatic nitrogens is 1. The number of carbonyl (C=O) groups is 1. The van der Waals surface area contributed by atoms with Crippen molar-refractivity contribution in [3.05, 3.63) is 28.9 Å². The number of amides is 1. The van der Waals surface area contributed by atoms with Gasteiger partial charge in [0.2, 0.25) is 5.91 Å². The summed E-state index contributed by atoms with van der Waals surface area (Å²) >= 11 is 6.09. The van der Waals surface area contributed by atoms with E-state index in [0.29, 0.717) is 17.3 Å². The Morgan fingerprint density at radius 1 is 1.53 bits per heavy atom. The molecule has 2 rings (SSSR count). The summed E-state index contributed by atoms with van der Waals surface area (Å²) in [5.74, 6) is 0.845. The first-order valence-corrected chi connectivity index (χ1v) is 6.49. The predicted molar refractivity (Wildman–Crippen MR) is 77.0 cm³/mol. The molecule has 0 fully saturated rings. The van der Waals surface area contributed by atoms with Crippen LogP contribution in [-0.2, 0) is 4.79 Å². The zero-order chi connectivity index (χ0) is 14.0. The molecule has 1 aromatic heterocycles. The SMILES string of the molecule is COc1cc2c([C@@H](C)CNC(C)=O)c[nH]c2cc1Cl. The van der Waals surface area contributed by atoms with Crippen molar-refractivity contribution in [2.75, 3.05) is 13.7 Å². The maximum Gasteiger partial charge on any atom is 0.216 e. The average Bonchev–Trinajstić information content (AvgIpc) is 2.77. The molecule has 0 bridgehead atoms. The van der Waals surface area contributed by atoms with Gasteiger partial charge in [-0.1, -0.05) is 18.5 Å². The zero-order valence-corrected chi connectivity index (χ0v) is 12.0. The Hall–Kier alpha value is -1.68. The Balaban J connectivity index is 2.35.